The predicted molar refractivity (Wildman–Crippen MR) is 118 cm³/mol. The van der Waals surface area contributed by atoms with Crippen molar-refractivity contribution >= 4 is 23.5 Å². The summed E-state index contributed by atoms with van der Waals surface area (Å²) in [7, 11) is 0. The summed E-state index contributed by atoms with van der Waals surface area (Å²) in [6, 6.07) is 24.2. The van der Waals surface area contributed by atoms with Crippen molar-refractivity contribution in [3.8, 4) is 28.9 Å². The second kappa shape index (κ2) is 7.80. The minimum atomic E-state index is -0.341. The lowest BCUT2D eigenvalue weighted by Gasteiger charge is -2.12. The number of aromatic hydroxyl groups is 1. The van der Waals surface area contributed by atoms with Crippen LogP contribution in [-0.4, -0.2) is 15.9 Å². The second-order valence-corrected chi connectivity index (χ2v) is 6.99. The van der Waals surface area contributed by atoms with E-state index in [-0.39, 0.29) is 23.3 Å². The van der Waals surface area contributed by atoms with E-state index >= 15 is 0 Å². The molecule has 0 radical (unpaired) electrons. The van der Waals surface area contributed by atoms with Crippen molar-refractivity contribution < 1.29 is 19.1 Å². The number of hydrogen-bond donors (Lipinski definition) is 1. The van der Waals surface area contributed by atoms with Crippen molar-refractivity contribution in [3.05, 3.63) is 102 Å². The van der Waals surface area contributed by atoms with Crippen LogP contribution in [-0.2, 0) is 4.79 Å². The number of rotatable bonds is 4. The van der Waals surface area contributed by atoms with Gasteiger partial charge in [-0.15, -0.1) is 0 Å². The molecule has 0 saturated heterocycles. The van der Waals surface area contributed by atoms with Gasteiger partial charge in [-0.2, -0.15) is 0 Å². The van der Waals surface area contributed by atoms with Crippen LogP contribution in [0.3, 0.4) is 0 Å². The Balaban J connectivity index is 1.43. The first-order valence-electron chi connectivity index (χ1n) is 9.74. The third-order valence-electron chi connectivity index (χ3n) is 4.93. The Labute approximate surface area is 178 Å². The number of ketones is 1. The van der Waals surface area contributed by atoms with Gasteiger partial charge < -0.3 is 14.3 Å². The molecule has 0 saturated carbocycles. The summed E-state index contributed by atoms with van der Waals surface area (Å²) in [6.07, 6.45) is 4.85. The van der Waals surface area contributed by atoms with Gasteiger partial charge in [0.05, 0.1) is 0 Å². The monoisotopic (exact) mass is 407 g/mol. The van der Waals surface area contributed by atoms with Crippen LogP contribution in [0.5, 0.6) is 17.4 Å². The molecule has 150 valence electrons. The van der Waals surface area contributed by atoms with Crippen molar-refractivity contribution in [2.75, 3.05) is 0 Å². The highest BCUT2D eigenvalue weighted by molar-refractivity contribution is 6.33. The molecule has 0 unspecified atom stereocenters. The number of fused-ring (bicyclic) bond motifs is 1. The summed E-state index contributed by atoms with van der Waals surface area (Å²) in [4.78, 5) is 16.8. The molecule has 0 bridgehead atoms. The summed E-state index contributed by atoms with van der Waals surface area (Å²) < 4.78 is 11.2. The van der Waals surface area contributed by atoms with Crippen molar-refractivity contribution in [2.45, 2.75) is 0 Å². The van der Waals surface area contributed by atoms with Gasteiger partial charge in [0.1, 0.15) is 17.2 Å². The zero-order valence-electron chi connectivity index (χ0n) is 16.4. The van der Waals surface area contributed by atoms with Crippen molar-refractivity contribution in [3.63, 3.8) is 0 Å². The van der Waals surface area contributed by atoms with Crippen molar-refractivity contribution in [1.29, 1.82) is 0 Å². The summed E-state index contributed by atoms with van der Waals surface area (Å²) in [5.74, 6) is 1.17. The number of aromatic nitrogens is 1. The molecule has 1 aliphatic rings. The predicted octanol–water partition coefficient (Wildman–Crippen LogP) is 5.98. The number of benzene rings is 3. The Kier molecular flexibility index (Phi) is 4.69. The molecule has 0 atom stereocenters. The van der Waals surface area contributed by atoms with Crippen LogP contribution in [0.4, 0.5) is 0 Å². The largest absolute Gasteiger partial charge is 0.479 e. The van der Waals surface area contributed by atoms with Crippen molar-refractivity contribution in [1.82, 2.24) is 4.98 Å². The number of carbonyl (C=O) groups excluding carboxylic acids is 1. The highest BCUT2D eigenvalue weighted by Crippen LogP contribution is 2.33. The number of para-hydroxylation sites is 1. The number of oxazole rings is 1. The van der Waals surface area contributed by atoms with Crippen LogP contribution >= 0.6 is 0 Å². The van der Waals surface area contributed by atoms with Gasteiger partial charge in [-0.25, -0.2) is 4.98 Å². The van der Waals surface area contributed by atoms with E-state index in [4.69, 9.17) is 9.15 Å². The lowest BCUT2D eigenvalue weighted by molar-refractivity contribution is -0.109. The minimum Gasteiger partial charge on any atom is -0.479 e. The summed E-state index contributed by atoms with van der Waals surface area (Å²) in [6.45, 7) is 0. The zero-order chi connectivity index (χ0) is 21.2. The Morgan fingerprint density at radius 3 is 2.35 bits per heavy atom. The minimum absolute atomic E-state index is 0.148. The summed E-state index contributed by atoms with van der Waals surface area (Å²) in [5, 5.41) is 10.3. The molecule has 0 fully saturated rings. The maximum Gasteiger partial charge on any atom is 0.310 e. The van der Waals surface area contributed by atoms with Gasteiger partial charge in [-0.3, -0.25) is 4.79 Å². The van der Waals surface area contributed by atoms with Crippen molar-refractivity contribution in [2.24, 2.45) is 0 Å². The molecule has 3 aromatic carbocycles. The molecular weight excluding hydrogens is 390 g/mol. The Bertz CT molecular complexity index is 1320. The third-order valence-corrected chi connectivity index (χ3v) is 4.93. The van der Waals surface area contributed by atoms with Gasteiger partial charge in [0.15, 0.2) is 5.78 Å². The van der Waals surface area contributed by atoms with E-state index in [0.29, 0.717) is 16.9 Å². The van der Waals surface area contributed by atoms with Gasteiger partial charge in [0, 0.05) is 11.1 Å². The van der Waals surface area contributed by atoms with Crippen LogP contribution in [0.25, 0.3) is 29.2 Å². The molecule has 4 aromatic rings. The molecule has 0 amide bonds. The summed E-state index contributed by atoms with van der Waals surface area (Å²) in [5.41, 5.74) is 3.07. The molecule has 0 spiro atoms. The molecule has 1 N–H and O–H groups in total. The second-order valence-electron chi connectivity index (χ2n) is 6.99. The van der Waals surface area contributed by atoms with Gasteiger partial charge >= 0.3 is 5.95 Å². The number of ether oxygens (including phenoxy) is 1. The maximum absolute atomic E-state index is 12.4. The highest BCUT2D eigenvalue weighted by atomic mass is 16.5. The molecule has 1 heterocycles. The number of allylic oxidation sites excluding steroid dienone is 2. The van der Waals surface area contributed by atoms with E-state index < -0.39 is 0 Å². The fraction of sp³-hybridized carbons (Fsp3) is 0. The Hall–Kier alpha value is -4.38. The van der Waals surface area contributed by atoms with E-state index in [1.54, 1.807) is 36.4 Å². The summed E-state index contributed by atoms with van der Waals surface area (Å²) >= 11 is 0. The van der Waals surface area contributed by atoms with Crippen LogP contribution in [0, 0.1) is 0 Å². The number of carbonyl (C=O) groups is 1. The van der Waals surface area contributed by atoms with Gasteiger partial charge in [-0.05, 0) is 59.7 Å². The van der Waals surface area contributed by atoms with Gasteiger partial charge in [0.25, 0.3) is 0 Å². The fourth-order valence-electron chi connectivity index (χ4n) is 3.39. The normalized spacial score (nSPS) is 13.9. The van der Waals surface area contributed by atoms with Crippen LogP contribution in [0.2, 0.25) is 0 Å². The first-order valence-corrected chi connectivity index (χ1v) is 9.74. The maximum atomic E-state index is 12.4. The quantitative estimate of drug-likeness (QED) is 0.422. The van der Waals surface area contributed by atoms with E-state index in [9.17, 15) is 9.90 Å². The Morgan fingerprint density at radius 2 is 1.55 bits per heavy atom. The first-order chi connectivity index (χ1) is 15.2. The van der Waals surface area contributed by atoms with E-state index in [2.05, 4.69) is 4.98 Å². The van der Waals surface area contributed by atoms with Crippen LogP contribution in [0.15, 0.2) is 89.4 Å². The number of nitrogens with zero attached hydrogens (tertiary/aromatic N) is 1. The zero-order valence-corrected chi connectivity index (χ0v) is 16.4. The molecule has 5 rings (SSSR count). The van der Waals surface area contributed by atoms with Crippen LogP contribution in [0.1, 0.15) is 16.8 Å². The SMILES string of the molecule is O=C1C=Cc2ccccc2C1=Cc1nc(-c2ccc(Oc3ccccc3)cc2)oc1O. The van der Waals surface area contributed by atoms with E-state index in [1.807, 2.05) is 54.6 Å². The van der Waals surface area contributed by atoms with Gasteiger partial charge in [-0.1, -0.05) is 48.5 Å². The molecule has 5 nitrogen and oxygen atoms in total. The molecule has 0 aliphatic heterocycles. The average molecular weight is 407 g/mol. The topological polar surface area (TPSA) is 72.6 Å². The molecule has 1 aliphatic carbocycles. The van der Waals surface area contributed by atoms with E-state index in [1.165, 1.54) is 6.08 Å². The molecule has 31 heavy (non-hydrogen) atoms. The van der Waals surface area contributed by atoms with Crippen LogP contribution < -0.4 is 4.74 Å². The molecular formula is C26H17NO4. The molecule has 5 heteroatoms. The highest BCUT2D eigenvalue weighted by Gasteiger charge is 2.20. The standard InChI is InChI=1S/C26H17NO4/c28-24-15-12-17-6-4-5-9-21(17)22(24)16-23-26(29)31-25(27-23)18-10-13-20(14-11-18)30-19-7-2-1-3-8-19/h1-16,29H. The van der Waals surface area contributed by atoms with E-state index in [0.717, 1.165) is 16.9 Å². The average Bonchev–Trinajstić information content (AvgIpc) is 3.17. The lowest BCUT2D eigenvalue weighted by atomic mass is 9.91. The molecule has 1 aromatic heterocycles. The van der Waals surface area contributed by atoms with Gasteiger partial charge in [0.2, 0.25) is 5.89 Å². The number of hydrogen-bond acceptors (Lipinski definition) is 5. The first kappa shape index (κ1) is 18.6. The Morgan fingerprint density at radius 1 is 0.839 bits per heavy atom. The third kappa shape index (κ3) is 3.76. The smallest absolute Gasteiger partial charge is 0.310 e. The lowest BCUT2D eigenvalue weighted by Crippen LogP contribution is -2.04. The fourth-order valence-corrected chi connectivity index (χ4v) is 3.39.